The van der Waals surface area contributed by atoms with Crippen molar-refractivity contribution in [2.75, 3.05) is 26.7 Å². The van der Waals surface area contributed by atoms with Crippen LogP contribution in [-0.2, 0) is 10.2 Å². The summed E-state index contributed by atoms with van der Waals surface area (Å²) >= 11 is 6.23. The van der Waals surface area contributed by atoms with Gasteiger partial charge in [-0.05, 0) is 30.5 Å². The van der Waals surface area contributed by atoms with Crippen molar-refractivity contribution in [3.63, 3.8) is 0 Å². The minimum atomic E-state index is -0.336. The monoisotopic (exact) mass is 410 g/mol. The number of aliphatic imine (C=N–C) groups is 1. The fraction of sp³-hybridized carbons (Fsp3) is 0.619. The van der Waals surface area contributed by atoms with Crippen molar-refractivity contribution in [3.8, 4) is 0 Å². The molecular formula is C21H32ClFN4O. The molecule has 0 atom stereocenters. The standard InChI is InChI=1S/C21H32ClFN4O/c1-14(2)19(28)27-10-8-16(9-11-27)26-20(24-5)25-13-21(3,4)17-7-6-15(23)12-18(17)22/h6-7,12,14,16H,8-11,13H2,1-5H3,(H2,24,25,26). The molecule has 0 aromatic heterocycles. The molecule has 28 heavy (non-hydrogen) atoms. The van der Waals surface area contributed by atoms with E-state index in [1.807, 2.05) is 18.7 Å². The predicted molar refractivity (Wildman–Crippen MR) is 113 cm³/mol. The molecule has 1 heterocycles. The van der Waals surface area contributed by atoms with Crippen LogP contribution in [0, 0.1) is 11.7 Å². The van der Waals surface area contributed by atoms with Crippen LogP contribution in [-0.4, -0.2) is 49.5 Å². The van der Waals surface area contributed by atoms with Gasteiger partial charge in [-0.3, -0.25) is 9.79 Å². The summed E-state index contributed by atoms with van der Waals surface area (Å²) in [4.78, 5) is 18.4. The lowest BCUT2D eigenvalue weighted by molar-refractivity contribution is -0.135. The molecular weight excluding hydrogens is 379 g/mol. The smallest absolute Gasteiger partial charge is 0.225 e. The Balaban J connectivity index is 1.89. The second-order valence-corrected chi connectivity index (χ2v) is 8.74. The Kier molecular flexibility index (Phi) is 7.70. The molecule has 1 aliphatic rings. The van der Waals surface area contributed by atoms with Gasteiger partial charge in [0.25, 0.3) is 0 Å². The van der Waals surface area contributed by atoms with Gasteiger partial charge in [-0.2, -0.15) is 0 Å². The molecule has 156 valence electrons. The number of carbonyl (C=O) groups is 1. The molecule has 0 radical (unpaired) electrons. The molecule has 0 unspecified atom stereocenters. The van der Waals surface area contributed by atoms with Crippen molar-refractivity contribution in [1.29, 1.82) is 0 Å². The first-order chi connectivity index (χ1) is 13.1. The lowest BCUT2D eigenvalue weighted by Crippen LogP contribution is -2.51. The highest BCUT2D eigenvalue weighted by atomic mass is 35.5. The van der Waals surface area contributed by atoms with Gasteiger partial charge in [0.2, 0.25) is 5.91 Å². The fourth-order valence-electron chi connectivity index (χ4n) is 3.44. The molecule has 2 N–H and O–H groups in total. The van der Waals surface area contributed by atoms with Crippen LogP contribution in [0.1, 0.15) is 46.1 Å². The highest BCUT2D eigenvalue weighted by molar-refractivity contribution is 6.31. The van der Waals surface area contributed by atoms with Gasteiger partial charge in [0, 0.05) is 49.1 Å². The fourth-order valence-corrected chi connectivity index (χ4v) is 3.86. The number of nitrogens with one attached hydrogen (secondary N) is 2. The van der Waals surface area contributed by atoms with Crippen molar-refractivity contribution in [2.45, 2.75) is 52.0 Å². The average molecular weight is 411 g/mol. The maximum absolute atomic E-state index is 13.3. The van der Waals surface area contributed by atoms with Crippen LogP contribution < -0.4 is 10.6 Å². The van der Waals surface area contributed by atoms with Crippen LogP contribution in [0.3, 0.4) is 0 Å². The second kappa shape index (κ2) is 9.59. The highest BCUT2D eigenvalue weighted by Crippen LogP contribution is 2.29. The largest absolute Gasteiger partial charge is 0.356 e. The van der Waals surface area contributed by atoms with Crippen LogP contribution in [0.5, 0.6) is 0 Å². The number of carbonyl (C=O) groups excluding carboxylic acids is 1. The molecule has 1 fully saturated rings. The highest BCUT2D eigenvalue weighted by Gasteiger charge is 2.26. The van der Waals surface area contributed by atoms with Gasteiger partial charge >= 0.3 is 0 Å². The third-order valence-electron chi connectivity index (χ3n) is 5.22. The number of piperidine rings is 1. The number of nitrogens with zero attached hydrogens (tertiary/aromatic N) is 2. The van der Waals surface area contributed by atoms with Crippen LogP contribution in [0.15, 0.2) is 23.2 Å². The van der Waals surface area contributed by atoms with Crippen LogP contribution in [0.4, 0.5) is 4.39 Å². The van der Waals surface area contributed by atoms with Crippen molar-refractivity contribution in [1.82, 2.24) is 15.5 Å². The van der Waals surface area contributed by atoms with Gasteiger partial charge in [-0.25, -0.2) is 4.39 Å². The van der Waals surface area contributed by atoms with E-state index in [4.69, 9.17) is 11.6 Å². The number of hydrogen-bond donors (Lipinski definition) is 2. The summed E-state index contributed by atoms with van der Waals surface area (Å²) < 4.78 is 13.3. The molecule has 0 spiro atoms. The lowest BCUT2D eigenvalue weighted by Gasteiger charge is -2.34. The first-order valence-electron chi connectivity index (χ1n) is 9.85. The van der Waals surface area contributed by atoms with E-state index in [1.165, 1.54) is 12.1 Å². The van der Waals surface area contributed by atoms with E-state index in [0.717, 1.165) is 37.5 Å². The molecule has 0 saturated carbocycles. The zero-order valence-electron chi connectivity index (χ0n) is 17.5. The van der Waals surface area contributed by atoms with Gasteiger partial charge < -0.3 is 15.5 Å². The number of likely N-dealkylation sites (tertiary alicyclic amines) is 1. The van der Waals surface area contributed by atoms with E-state index in [9.17, 15) is 9.18 Å². The van der Waals surface area contributed by atoms with Crippen molar-refractivity contribution >= 4 is 23.5 Å². The summed E-state index contributed by atoms with van der Waals surface area (Å²) in [5.74, 6) is 0.649. The average Bonchev–Trinajstić information content (AvgIpc) is 2.64. The van der Waals surface area contributed by atoms with Gasteiger partial charge in [0.1, 0.15) is 5.82 Å². The Labute approximate surface area is 172 Å². The van der Waals surface area contributed by atoms with Crippen LogP contribution in [0.25, 0.3) is 0 Å². The lowest BCUT2D eigenvalue weighted by atomic mass is 9.84. The summed E-state index contributed by atoms with van der Waals surface area (Å²) in [5.41, 5.74) is 0.592. The van der Waals surface area contributed by atoms with E-state index in [0.29, 0.717) is 11.6 Å². The summed E-state index contributed by atoms with van der Waals surface area (Å²) in [5, 5.41) is 7.23. The zero-order valence-corrected chi connectivity index (χ0v) is 18.2. The number of amides is 1. The van der Waals surface area contributed by atoms with Crippen LogP contribution in [0.2, 0.25) is 5.02 Å². The summed E-state index contributed by atoms with van der Waals surface area (Å²) in [6.07, 6.45) is 1.79. The Morgan fingerprint density at radius 3 is 2.54 bits per heavy atom. The zero-order chi connectivity index (χ0) is 20.9. The van der Waals surface area contributed by atoms with Gasteiger partial charge in [0.05, 0.1) is 0 Å². The Hall–Kier alpha value is -1.82. The third-order valence-corrected chi connectivity index (χ3v) is 5.54. The van der Waals surface area contributed by atoms with Crippen molar-refractivity contribution in [3.05, 3.63) is 34.6 Å². The minimum Gasteiger partial charge on any atom is -0.356 e. The Morgan fingerprint density at radius 2 is 2.00 bits per heavy atom. The Morgan fingerprint density at radius 1 is 1.36 bits per heavy atom. The molecule has 0 bridgehead atoms. The van der Waals surface area contributed by atoms with E-state index < -0.39 is 0 Å². The molecule has 7 heteroatoms. The first kappa shape index (κ1) is 22.5. The predicted octanol–water partition coefficient (Wildman–Crippen LogP) is 3.57. The van der Waals surface area contributed by atoms with E-state index >= 15 is 0 Å². The van der Waals surface area contributed by atoms with Crippen molar-refractivity contribution < 1.29 is 9.18 Å². The van der Waals surface area contributed by atoms with E-state index in [2.05, 4.69) is 29.5 Å². The molecule has 1 saturated heterocycles. The summed E-state index contributed by atoms with van der Waals surface area (Å²) in [7, 11) is 1.74. The second-order valence-electron chi connectivity index (χ2n) is 8.33. The third kappa shape index (κ3) is 5.84. The summed E-state index contributed by atoms with van der Waals surface area (Å²) in [6, 6.07) is 4.79. The number of hydrogen-bond acceptors (Lipinski definition) is 2. The molecule has 1 aromatic carbocycles. The first-order valence-corrected chi connectivity index (χ1v) is 10.2. The van der Waals surface area contributed by atoms with E-state index in [-0.39, 0.29) is 29.1 Å². The number of guanidine groups is 1. The number of halogens is 2. The maximum atomic E-state index is 13.3. The molecule has 0 aliphatic carbocycles. The summed E-state index contributed by atoms with van der Waals surface area (Å²) in [6.45, 7) is 10.1. The van der Waals surface area contributed by atoms with Crippen molar-refractivity contribution in [2.24, 2.45) is 10.9 Å². The SMILES string of the molecule is CN=C(NCC(C)(C)c1ccc(F)cc1Cl)NC1CCN(C(=O)C(C)C)CC1. The topological polar surface area (TPSA) is 56.7 Å². The number of benzene rings is 1. The Bertz CT molecular complexity index is 712. The van der Waals surface area contributed by atoms with Gasteiger partial charge in [0.15, 0.2) is 5.96 Å². The minimum absolute atomic E-state index is 0.0412. The molecule has 1 amide bonds. The quantitative estimate of drug-likeness (QED) is 0.576. The number of rotatable bonds is 5. The van der Waals surface area contributed by atoms with Gasteiger partial charge in [-0.1, -0.05) is 45.4 Å². The molecule has 2 rings (SSSR count). The molecule has 1 aliphatic heterocycles. The molecule has 5 nitrogen and oxygen atoms in total. The molecule has 1 aromatic rings. The van der Waals surface area contributed by atoms with Gasteiger partial charge in [-0.15, -0.1) is 0 Å². The normalized spacial score (nSPS) is 16.4. The van der Waals surface area contributed by atoms with Crippen LogP contribution >= 0.6 is 11.6 Å². The van der Waals surface area contributed by atoms with E-state index in [1.54, 1.807) is 13.1 Å². The maximum Gasteiger partial charge on any atom is 0.225 e.